The number of amides is 2. The maximum Gasteiger partial charge on any atom is 0.230 e. The van der Waals surface area contributed by atoms with Crippen molar-refractivity contribution in [2.75, 3.05) is 13.1 Å². The highest BCUT2D eigenvalue weighted by molar-refractivity contribution is 5.93. The Morgan fingerprint density at radius 2 is 2.10 bits per heavy atom. The molecule has 1 aliphatic carbocycles. The van der Waals surface area contributed by atoms with Gasteiger partial charge in [-0.2, -0.15) is 0 Å². The summed E-state index contributed by atoms with van der Waals surface area (Å²) in [6.07, 6.45) is 11.0. The first-order valence-electron chi connectivity index (χ1n) is 11.2. The number of hydrogen-bond acceptors (Lipinski definition) is 3. The van der Waals surface area contributed by atoms with Crippen molar-refractivity contribution < 1.29 is 14.3 Å². The van der Waals surface area contributed by atoms with Crippen LogP contribution in [0.15, 0.2) is 42.6 Å². The molecule has 6 nitrogen and oxygen atoms in total. The summed E-state index contributed by atoms with van der Waals surface area (Å²) < 4.78 is 6.25. The molecular formula is C24H27N3O3. The molecule has 0 radical (unpaired) electrons. The fourth-order valence-corrected chi connectivity index (χ4v) is 6.03. The molecule has 156 valence electrons. The van der Waals surface area contributed by atoms with Crippen molar-refractivity contribution in [3.63, 3.8) is 0 Å². The number of H-pyrrole nitrogens is 1. The lowest BCUT2D eigenvalue weighted by molar-refractivity contribution is -0.137. The number of nitrogens with zero attached hydrogens (tertiary/aromatic N) is 1. The average molecular weight is 405 g/mol. The largest absolute Gasteiger partial charge is 0.361 e. The number of hydrogen-bond donors (Lipinski definition) is 2. The number of aromatic nitrogens is 1. The molecule has 3 fully saturated rings. The Balaban J connectivity index is 1.19. The van der Waals surface area contributed by atoms with Gasteiger partial charge in [0.2, 0.25) is 11.8 Å². The molecule has 3 unspecified atom stereocenters. The van der Waals surface area contributed by atoms with Gasteiger partial charge in [0.25, 0.3) is 0 Å². The minimum Gasteiger partial charge on any atom is -0.361 e. The van der Waals surface area contributed by atoms with E-state index in [0.717, 1.165) is 24.8 Å². The van der Waals surface area contributed by atoms with Gasteiger partial charge >= 0.3 is 0 Å². The van der Waals surface area contributed by atoms with E-state index in [1.807, 2.05) is 35.4 Å². The van der Waals surface area contributed by atoms with Crippen molar-refractivity contribution in [2.45, 2.75) is 49.9 Å². The molecule has 6 heteroatoms. The highest BCUT2D eigenvalue weighted by Gasteiger charge is 2.66. The number of benzene rings is 1. The Hall–Kier alpha value is -2.60. The zero-order valence-corrected chi connectivity index (χ0v) is 17.0. The maximum absolute atomic E-state index is 13.4. The van der Waals surface area contributed by atoms with Crippen molar-refractivity contribution in [1.29, 1.82) is 0 Å². The quantitative estimate of drug-likeness (QED) is 0.751. The number of carbonyl (C=O) groups is 2. The van der Waals surface area contributed by atoms with Gasteiger partial charge in [0.05, 0.1) is 24.5 Å². The van der Waals surface area contributed by atoms with Gasteiger partial charge < -0.3 is 19.9 Å². The van der Waals surface area contributed by atoms with E-state index in [0.29, 0.717) is 13.1 Å². The molecule has 1 aromatic heterocycles. The smallest absolute Gasteiger partial charge is 0.230 e. The molecule has 30 heavy (non-hydrogen) atoms. The maximum atomic E-state index is 13.4. The molecular weight excluding hydrogens is 378 g/mol. The van der Waals surface area contributed by atoms with Crippen molar-refractivity contribution in [3.8, 4) is 0 Å². The molecule has 1 aromatic carbocycles. The van der Waals surface area contributed by atoms with Crippen LogP contribution in [0, 0.1) is 11.8 Å². The summed E-state index contributed by atoms with van der Waals surface area (Å²) in [7, 11) is 0. The van der Waals surface area contributed by atoms with E-state index in [9.17, 15) is 9.59 Å². The van der Waals surface area contributed by atoms with Crippen LogP contribution in [-0.2, 0) is 20.7 Å². The zero-order valence-electron chi connectivity index (χ0n) is 17.0. The van der Waals surface area contributed by atoms with Crippen LogP contribution in [0.1, 0.15) is 31.2 Å². The van der Waals surface area contributed by atoms with E-state index in [-0.39, 0.29) is 24.0 Å². The number of carbonyl (C=O) groups excluding carboxylic acids is 2. The molecule has 2 amide bonds. The number of nitrogens with one attached hydrogen (secondary N) is 2. The topological polar surface area (TPSA) is 74.4 Å². The molecule has 2 aromatic rings. The van der Waals surface area contributed by atoms with Crippen molar-refractivity contribution in [1.82, 2.24) is 15.2 Å². The second-order valence-corrected chi connectivity index (χ2v) is 9.26. The Bertz CT molecular complexity index is 1040. The Morgan fingerprint density at radius 3 is 2.97 bits per heavy atom. The van der Waals surface area contributed by atoms with Crippen LogP contribution in [0.5, 0.6) is 0 Å². The number of para-hydroxylation sites is 1. The third kappa shape index (κ3) is 2.66. The van der Waals surface area contributed by atoms with Gasteiger partial charge in [-0.3, -0.25) is 9.59 Å². The molecule has 2 saturated heterocycles. The first-order chi connectivity index (χ1) is 14.6. The Labute approximate surface area is 175 Å². The Morgan fingerprint density at radius 1 is 1.27 bits per heavy atom. The first kappa shape index (κ1) is 18.2. The van der Waals surface area contributed by atoms with E-state index in [4.69, 9.17) is 4.74 Å². The van der Waals surface area contributed by atoms with Crippen LogP contribution < -0.4 is 5.32 Å². The second kappa shape index (κ2) is 6.71. The highest BCUT2D eigenvalue weighted by Crippen LogP contribution is 2.52. The van der Waals surface area contributed by atoms with Crippen molar-refractivity contribution in [3.05, 3.63) is 48.2 Å². The van der Waals surface area contributed by atoms with Crippen LogP contribution in [0.3, 0.4) is 0 Å². The monoisotopic (exact) mass is 405 g/mol. The van der Waals surface area contributed by atoms with Crippen LogP contribution >= 0.6 is 0 Å². The average Bonchev–Trinajstić information content (AvgIpc) is 3.55. The summed E-state index contributed by atoms with van der Waals surface area (Å²) in [4.78, 5) is 31.6. The minimum atomic E-state index is -0.625. The van der Waals surface area contributed by atoms with E-state index < -0.39 is 17.4 Å². The number of fused-ring (bicyclic) bond motifs is 2. The normalized spacial score (nSPS) is 32.5. The van der Waals surface area contributed by atoms with E-state index in [1.165, 1.54) is 23.8 Å². The van der Waals surface area contributed by atoms with Crippen molar-refractivity contribution >= 4 is 22.7 Å². The molecule has 4 aliphatic rings. The van der Waals surface area contributed by atoms with Gasteiger partial charge in [-0.1, -0.05) is 43.2 Å². The van der Waals surface area contributed by atoms with Gasteiger partial charge in [-0.15, -0.1) is 0 Å². The lowest BCUT2D eigenvalue weighted by Gasteiger charge is -2.25. The standard InChI is InChI=1S/C24H27N3O3/c28-22(26-16-5-1-2-6-16)20-19-9-11-24(30-19)14-27(23(29)21(20)24)12-10-15-13-25-18-8-4-3-7-17(15)18/h3-4,7-9,11,13,16,19-21,25H,1-2,5-6,10,12,14H2,(H,26,28)/t19?,20?,21?,24-/m1/s1. The van der Waals surface area contributed by atoms with E-state index >= 15 is 0 Å². The van der Waals surface area contributed by atoms with Crippen LogP contribution in [0.2, 0.25) is 0 Å². The van der Waals surface area contributed by atoms with Gasteiger partial charge in [-0.05, 0) is 30.9 Å². The zero-order chi connectivity index (χ0) is 20.3. The van der Waals surface area contributed by atoms with Gasteiger partial charge in [0.1, 0.15) is 5.60 Å². The van der Waals surface area contributed by atoms with Gasteiger partial charge in [0.15, 0.2) is 0 Å². The highest BCUT2D eigenvalue weighted by atomic mass is 16.5. The first-order valence-corrected chi connectivity index (χ1v) is 11.2. The lowest BCUT2D eigenvalue weighted by Crippen LogP contribution is -2.46. The number of aromatic amines is 1. The SMILES string of the molecule is O=C(NC1CCCC1)C1C2C=C[C@]3(CN(CCc4c[nH]c5ccccc45)C(=O)C13)O2. The van der Waals surface area contributed by atoms with Crippen LogP contribution in [0.25, 0.3) is 10.9 Å². The van der Waals surface area contributed by atoms with E-state index in [1.54, 1.807) is 0 Å². The molecule has 2 bridgehead atoms. The molecule has 1 saturated carbocycles. The summed E-state index contributed by atoms with van der Waals surface area (Å²) in [5.74, 6) is -0.735. The molecule has 3 aliphatic heterocycles. The van der Waals surface area contributed by atoms with Crippen LogP contribution in [0.4, 0.5) is 0 Å². The molecule has 4 heterocycles. The van der Waals surface area contributed by atoms with Crippen LogP contribution in [-0.4, -0.2) is 52.5 Å². The summed E-state index contributed by atoms with van der Waals surface area (Å²) in [6.45, 7) is 1.18. The predicted molar refractivity (Wildman–Crippen MR) is 113 cm³/mol. The summed E-state index contributed by atoms with van der Waals surface area (Å²) >= 11 is 0. The van der Waals surface area contributed by atoms with E-state index in [2.05, 4.69) is 22.4 Å². The number of likely N-dealkylation sites (tertiary alicyclic amines) is 1. The summed E-state index contributed by atoms with van der Waals surface area (Å²) in [6, 6.07) is 8.48. The van der Waals surface area contributed by atoms with Crippen molar-refractivity contribution in [2.24, 2.45) is 11.8 Å². The number of ether oxygens (including phenoxy) is 1. The molecule has 2 N–H and O–H groups in total. The fourth-order valence-electron chi connectivity index (χ4n) is 6.03. The molecule has 4 atom stereocenters. The summed E-state index contributed by atoms with van der Waals surface area (Å²) in [5, 5.41) is 4.40. The molecule has 6 rings (SSSR count). The lowest BCUT2D eigenvalue weighted by atomic mass is 9.76. The fraction of sp³-hybridized carbons (Fsp3) is 0.500. The second-order valence-electron chi connectivity index (χ2n) is 9.26. The Kier molecular flexibility index (Phi) is 4.07. The molecule has 1 spiro atoms. The third-order valence-electron chi connectivity index (χ3n) is 7.51. The van der Waals surface area contributed by atoms with Gasteiger partial charge in [0, 0.05) is 29.7 Å². The van der Waals surface area contributed by atoms with Gasteiger partial charge in [-0.25, -0.2) is 0 Å². The summed E-state index contributed by atoms with van der Waals surface area (Å²) in [5.41, 5.74) is 1.70. The third-order valence-corrected chi connectivity index (χ3v) is 7.51. The minimum absolute atomic E-state index is 0.00467. The number of rotatable bonds is 5. The predicted octanol–water partition coefficient (Wildman–Crippen LogP) is 2.55.